The maximum absolute atomic E-state index is 10.9. The molecular weight excluding hydrogens is 248 g/mol. The van der Waals surface area contributed by atoms with Gasteiger partial charge in [-0.2, -0.15) is 11.8 Å². The molecule has 1 fully saturated rings. The Morgan fingerprint density at radius 2 is 2.17 bits per heavy atom. The van der Waals surface area contributed by atoms with Crippen LogP contribution in [0.1, 0.15) is 36.0 Å². The van der Waals surface area contributed by atoms with Crippen molar-refractivity contribution in [1.29, 1.82) is 0 Å². The zero-order valence-electron chi connectivity index (χ0n) is 10.4. The molecule has 0 amide bonds. The summed E-state index contributed by atoms with van der Waals surface area (Å²) in [6.45, 7) is 0. The van der Waals surface area contributed by atoms with Crippen molar-refractivity contribution in [2.45, 2.75) is 37.0 Å². The van der Waals surface area contributed by atoms with Gasteiger partial charge in [0.15, 0.2) is 0 Å². The van der Waals surface area contributed by atoms with Gasteiger partial charge in [0, 0.05) is 17.5 Å². The summed E-state index contributed by atoms with van der Waals surface area (Å²) in [5.41, 5.74) is 0.283. The molecule has 0 spiro atoms. The summed E-state index contributed by atoms with van der Waals surface area (Å²) in [6, 6.07) is 3.53. The van der Waals surface area contributed by atoms with Crippen molar-refractivity contribution in [3.05, 3.63) is 23.9 Å². The van der Waals surface area contributed by atoms with Crippen LogP contribution in [0.4, 0.5) is 5.82 Å². The van der Waals surface area contributed by atoms with Crippen LogP contribution in [0, 0.1) is 0 Å². The highest BCUT2D eigenvalue weighted by Gasteiger charge is 2.20. The van der Waals surface area contributed by atoms with Gasteiger partial charge in [-0.25, -0.2) is 9.78 Å². The fraction of sp³-hybridized carbons (Fsp3) is 0.538. The fourth-order valence-corrected chi connectivity index (χ4v) is 3.04. The average molecular weight is 266 g/mol. The number of aromatic carboxylic acids is 1. The van der Waals surface area contributed by atoms with Crippen molar-refractivity contribution in [1.82, 2.24) is 4.98 Å². The quantitative estimate of drug-likeness (QED) is 0.877. The molecule has 0 unspecified atom stereocenters. The third-order valence-corrected chi connectivity index (χ3v) is 4.50. The van der Waals surface area contributed by atoms with Crippen LogP contribution in [0.5, 0.6) is 0 Å². The number of aromatic nitrogens is 1. The van der Waals surface area contributed by atoms with Gasteiger partial charge in [0.25, 0.3) is 0 Å². The summed E-state index contributed by atoms with van der Waals surface area (Å²) in [7, 11) is 0. The number of hydrogen-bond acceptors (Lipinski definition) is 4. The smallest absolute Gasteiger partial charge is 0.335 e. The number of carboxylic acids is 1. The van der Waals surface area contributed by atoms with E-state index in [0.29, 0.717) is 11.9 Å². The maximum atomic E-state index is 10.9. The Morgan fingerprint density at radius 3 is 2.78 bits per heavy atom. The number of nitrogens with zero attached hydrogens (tertiary/aromatic N) is 1. The van der Waals surface area contributed by atoms with Crippen molar-refractivity contribution in [3.63, 3.8) is 0 Å². The summed E-state index contributed by atoms with van der Waals surface area (Å²) in [5, 5.41) is 13.0. The van der Waals surface area contributed by atoms with Gasteiger partial charge in [0.2, 0.25) is 0 Å². The number of carboxylic acid groups (broad SMARTS) is 1. The summed E-state index contributed by atoms with van der Waals surface area (Å²) in [5.74, 6) is -0.242. The Bertz CT molecular complexity index is 417. The Labute approximate surface area is 111 Å². The number of pyridine rings is 1. The van der Waals surface area contributed by atoms with E-state index in [1.807, 2.05) is 11.8 Å². The zero-order chi connectivity index (χ0) is 13.0. The molecule has 0 bridgehead atoms. The third-order valence-electron chi connectivity index (χ3n) is 3.37. The lowest BCUT2D eigenvalue weighted by Gasteiger charge is -2.28. The second-order valence-electron chi connectivity index (χ2n) is 4.59. The highest BCUT2D eigenvalue weighted by molar-refractivity contribution is 7.99. The van der Waals surface area contributed by atoms with Gasteiger partial charge in [-0.15, -0.1) is 0 Å². The number of nitrogens with one attached hydrogen (secondary N) is 1. The van der Waals surface area contributed by atoms with Gasteiger partial charge in [-0.1, -0.05) is 0 Å². The molecule has 1 aromatic heterocycles. The SMILES string of the molecule is CSC1CCC(Nc2cc(C(=O)O)ccn2)CC1. The molecule has 1 aromatic rings. The molecule has 0 atom stereocenters. The molecule has 1 heterocycles. The molecule has 1 saturated carbocycles. The largest absolute Gasteiger partial charge is 0.478 e. The van der Waals surface area contributed by atoms with Gasteiger partial charge < -0.3 is 10.4 Å². The summed E-state index contributed by atoms with van der Waals surface area (Å²) in [6.07, 6.45) is 8.40. The van der Waals surface area contributed by atoms with Crippen LogP contribution in [0.15, 0.2) is 18.3 Å². The molecule has 4 nitrogen and oxygen atoms in total. The topological polar surface area (TPSA) is 62.2 Å². The lowest BCUT2D eigenvalue weighted by molar-refractivity contribution is 0.0697. The molecule has 1 aliphatic rings. The first-order valence-electron chi connectivity index (χ1n) is 6.17. The molecule has 1 aliphatic carbocycles. The van der Waals surface area contributed by atoms with Crippen LogP contribution < -0.4 is 5.32 Å². The standard InChI is InChI=1S/C13H18N2O2S/c1-18-11-4-2-10(3-5-11)15-12-8-9(13(16)17)6-7-14-12/h6-8,10-11H,2-5H2,1H3,(H,14,15)(H,16,17). The number of rotatable bonds is 4. The maximum Gasteiger partial charge on any atom is 0.335 e. The predicted molar refractivity (Wildman–Crippen MR) is 74.4 cm³/mol. The van der Waals surface area contributed by atoms with E-state index in [1.165, 1.54) is 18.9 Å². The molecule has 0 saturated heterocycles. The minimum atomic E-state index is -0.911. The summed E-state index contributed by atoms with van der Waals surface area (Å²) < 4.78 is 0. The average Bonchev–Trinajstić information content (AvgIpc) is 2.40. The minimum absolute atomic E-state index is 0.283. The fourth-order valence-electron chi connectivity index (χ4n) is 2.29. The first-order valence-corrected chi connectivity index (χ1v) is 7.46. The Hall–Kier alpha value is -1.23. The van der Waals surface area contributed by atoms with Gasteiger partial charge >= 0.3 is 5.97 Å². The molecule has 98 valence electrons. The second-order valence-corrected chi connectivity index (χ2v) is 5.73. The summed E-state index contributed by atoms with van der Waals surface area (Å²) in [4.78, 5) is 15.0. The number of thioether (sulfide) groups is 1. The summed E-state index contributed by atoms with van der Waals surface area (Å²) >= 11 is 1.94. The van der Waals surface area contributed by atoms with Crippen LogP contribution in [-0.2, 0) is 0 Å². The van der Waals surface area contributed by atoms with Crippen molar-refractivity contribution < 1.29 is 9.90 Å². The van der Waals surface area contributed by atoms with Crippen LogP contribution in [0.3, 0.4) is 0 Å². The molecule has 5 heteroatoms. The highest BCUT2D eigenvalue weighted by Crippen LogP contribution is 2.28. The van der Waals surface area contributed by atoms with E-state index < -0.39 is 5.97 Å². The van der Waals surface area contributed by atoms with E-state index in [0.717, 1.165) is 18.1 Å². The third kappa shape index (κ3) is 3.38. The first-order chi connectivity index (χ1) is 8.69. The van der Waals surface area contributed by atoms with Crippen molar-refractivity contribution >= 4 is 23.5 Å². The normalized spacial score (nSPS) is 23.6. The monoisotopic (exact) mass is 266 g/mol. The van der Waals surface area contributed by atoms with E-state index >= 15 is 0 Å². The molecule has 0 aromatic carbocycles. The number of anilines is 1. The highest BCUT2D eigenvalue weighted by atomic mass is 32.2. The lowest BCUT2D eigenvalue weighted by Crippen LogP contribution is -2.27. The molecule has 18 heavy (non-hydrogen) atoms. The Morgan fingerprint density at radius 1 is 1.44 bits per heavy atom. The predicted octanol–water partition coefficient (Wildman–Crippen LogP) is 2.87. The van der Waals surface area contributed by atoms with Crippen molar-refractivity contribution in [2.75, 3.05) is 11.6 Å². The van der Waals surface area contributed by atoms with Crippen molar-refractivity contribution in [2.24, 2.45) is 0 Å². The molecular formula is C13H18N2O2S. The van der Waals surface area contributed by atoms with Gasteiger partial charge in [0.1, 0.15) is 5.82 Å². The van der Waals surface area contributed by atoms with Crippen molar-refractivity contribution in [3.8, 4) is 0 Å². The van der Waals surface area contributed by atoms with Crippen LogP contribution in [0.2, 0.25) is 0 Å². The number of hydrogen-bond donors (Lipinski definition) is 2. The van der Waals surface area contributed by atoms with E-state index in [-0.39, 0.29) is 5.56 Å². The van der Waals surface area contributed by atoms with E-state index in [9.17, 15) is 4.79 Å². The van der Waals surface area contributed by atoms with E-state index in [4.69, 9.17) is 5.11 Å². The van der Waals surface area contributed by atoms with Crippen LogP contribution >= 0.6 is 11.8 Å². The van der Waals surface area contributed by atoms with Gasteiger partial charge in [-0.3, -0.25) is 0 Å². The minimum Gasteiger partial charge on any atom is -0.478 e. The van der Waals surface area contributed by atoms with Gasteiger partial charge in [-0.05, 0) is 44.1 Å². The Kier molecular flexibility index (Phi) is 4.47. The molecule has 2 rings (SSSR count). The second kappa shape index (κ2) is 6.09. The first kappa shape index (κ1) is 13.2. The molecule has 0 radical (unpaired) electrons. The van der Waals surface area contributed by atoms with E-state index in [2.05, 4.69) is 16.6 Å². The lowest BCUT2D eigenvalue weighted by atomic mass is 9.95. The zero-order valence-corrected chi connectivity index (χ0v) is 11.2. The molecule has 2 N–H and O–H groups in total. The Balaban J connectivity index is 1.94. The van der Waals surface area contributed by atoms with E-state index in [1.54, 1.807) is 12.3 Å². The van der Waals surface area contributed by atoms with Crippen LogP contribution in [-0.4, -0.2) is 33.6 Å². The number of carbonyl (C=O) groups is 1. The molecule has 0 aliphatic heterocycles. The van der Waals surface area contributed by atoms with Crippen LogP contribution in [0.25, 0.3) is 0 Å². The van der Waals surface area contributed by atoms with Gasteiger partial charge in [0.05, 0.1) is 5.56 Å².